The second-order valence-corrected chi connectivity index (χ2v) is 5.49. The first kappa shape index (κ1) is 13.2. The summed E-state index contributed by atoms with van der Waals surface area (Å²) in [5.41, 5.74) is 1.47. The molecule has 1 atom stereocenters. The van der Waals surface area contributed by atoms with Crippen molar-refractivity contribution < 1.29 is 0 Å². The van der Waals surface area contributed by atoms with E-state index in [9.17, 15) is 4.79 Å². The van der Waals surface area contributed by atoms with E-state index < -0.39 is 0 Å². The minimum atomic E-state index is -0.0395. The van der Waals surface area contributed by atoms with Crippen molar-refractivity contribution in [3.63, 3.8) is 0 Å². The van der Waals surface area contributed by atoms with Gasteiger partial charge in [-0.2, -0.15) is 0 Å². The minimum Gasteiger partial charge on any atom is -0.307 e. The van der Waals surface area contributed by atoms with Gasteiger partial charge in [-0.25, -0.2) is 4.98 Å². The van der Waals surface area contributed by atoms with E-state index in [1.165, 1.54) is 0 Å². The van der Waals surface area contributed by atoms with E-state index in [4.69, 9.17) is 4.98 Å². The molecular formula is C17H16N4O. The van der Waals surface area contributed by atoms with Crippen LogP contribution >= 0.6 is 0 Å². The van der Waals surface area contributed by atoms with Crippen LogP contribution in [0.2, 0.25) is 0 Å². The van der Waals surface area contributed by atoms with Crippen LogP contribution in [0.1, 0.15) is 24.7 Å². The highest BCUT2D eigenvalue weighted by Gasteiger charge is 2.23. The number of para-hydroxylation sites is 1. The van der Waals surface area contributed by atoms with Crippen molar-refractivity contribution in [2.75, 3.05) is 6.54 Å². The van der Waals surface area contributed by atoms with Crippen molar-refractivity contribution >= 4 is 10.9 Å². The molecule has 1 aliphatic heterocycles. The summed E-state index contributed by atoms with van der Waals surface area (Å²) in [6.45, 7) is 0.959. The Bertz CT molecular complexity index is 867. The highest BCUT2D eigenvalue weighted by Crippen LogP contribution is 2.24. The van der Waals surface area contributed by atoms with E-state index in [0.717, 1.165) is 36.4 Å². The average molecular weight is 292 g/mol. The van der Waals surface area contributed by atoms with Crippen LogP contribution in [-0.4, -0.2) is 21.1 Å². The van der Waals surface area contributed by atoms with Crippen molar-refractivity contribution in [3.05, 3.63) is 65.0 Å². The third kappa shape index (κ3) is 2.10. The molecule has 3 aromatic rings. The normalized spacial score (nSPS) is 17.9. The number of fused-ring (bicyclic) bond motifs is 1. The summed E-state index contributed by atoms with van der Waals surface area (Å²) in [5.74, 6) is 0.772. The molecule has 2 aromatic heterocycles. The largest absolute Gasteiger partial charge is 0.307 e. The molecule has 0 radical (unpaired) electrons. The molecule has 0 aliphatic carbocycles. The molecule has 4 rings (SSSR count). The highest BCUT2D eigenvalue weighted by molar-refractivity contribution is 5.77. The van der Waals surface area contributed by atoms with Gasteiger partial charge in [-0.05, 0) is 43.7 Å². The first-order valence-electron chi connectivity index (χ1n) is 7.50. The zero-order chi connectivity index (χ0) is 14.9. The van der Waals surface area contributed by atoms with Crippen LogP contribution in [0, 0.1) is 0 Å². The third-order valence-electron chi connectivity index (χ3n) is 4.08. The van der Waals surface area contributed by atoms with E-state index in [1.807, 2.05) is 36.4 Å². The maximum atomic E-state index is 13.0. The SMILES string of the molecule is O=c1c2ccccc2nc(C2CCCN2)n1-c1cccnc1. The molecule has 1 unspecified atom stereocenters. The Hall–Kier alpha value is -2.53. The number of benzene rings is 1. The van der Waals surface area contributed by atoms with Crippen LogP contribution in [0.15, 0.2) is 53.6 Å². The molecule has 3 heterocycles. The van der Waals surface area contributed by atoms with Crippen molar-refractivity contribution in [2.45, 2.75) is 18.9 Å². The van der Waals surface area contributed by atoms with Gasteiger partial charge in [0, 0.05) is 6.20 Å². The summed E-state index contributed by atoms with van der Waals surface area (Å²) in [7, 11) is 0. The summed E-state index contributed by atoms with van der Waals surface area (Å²) in [6, 6.07) is 11.3. The fraction of sp³-hybridized carbons (Fsp3) is 0.235. The van der Waals surface area contributed by atoms with Gasteiger partial charge >= 0.3 is 0 Å². The van der Waals surface area contributed by atoms with Gasteiger partial charge in [0.15, 0.2) is 0 Å². The van der Waals surface area contributed by atoms with Gasteiger partial charge < -0.3 is 5.32 Å². The van der Waals surface area contributed by atoms with E-state index in [-0.39, 0.29) is 11.6 Å². The maximum absolute atomic E-state index is 13.0. The Labute approximate surface area is 127 Å². The van der Waals surface area contributed by atoms with Crippen molar-refractivity contribution in [2.24, 2.45) is 0 Å². The maximum Gasteiger partial charge on any atom is 0.266 e. The predicted octanol–water partition coefficient (Wildman–Crippen LogP) is 2.21. The van der Waals surface area contributed by atoms with Gasteiger partial charge in [0.1, 0.15) is 5.82 Å². The summed E-state index contributed by atoms with van der Waals surface area (Å²) in [6.07, 6.45) is 5.50. The van der Waals surface area contributed by atoms with E-state index >= 15 is 0 Å². The zero-order valence-electron chi connectivity index (χ0n) is 12.1. The summed E-state index contributed by atoms with van der Waals surface area (Å²) in [4.78, 5) is 21.9. The van der Waals surface area contributed by atoms with Crippen LogP contribution in [-0.2, 0) is 0 Å². The molecule has 0 amide bonds. The van der Waals surface area contributed by atoms with Crippen molar-refractivity contribution in [3.8, 4) is 5.69 Å². The Morgan fingerprint density at radius 2 is 2.09 bits per heavy atom. The second-order valence-electron chi connectivity index (χ2n) is 5.49. The lowest BCUT2D eigenvalue weighted by molar-refractivity contribution is 0.584. The van der Waals surface area contributed by atoms with E-state index in [2.05, 4.69) is 10.3 Å². The molecule has 1 fully saturated rings. The van der Waals surface area contributed by atoms with Crippen LogP contribution in [0.5, 0.6) is 0 Å². The second kappa shape index (κ2) is 5.35. The average Bonchev–Trinajstić information content (AvgIpc) is 3.10. The molecule has 1 aliphatic rings. The lowest BCUT2D eigenvalue weighted by Crippen LogP contribution is -2.28. The molecule has 0 bridgehead atoms. The smallest absolute Gasteiger partial charge is 0.266 e. The molecule has 5 nitrogen and oxygen atoms in total. The molecule has 1 N–H and O–H groups in total. The van der Waals surface area contributed by atoms with Crippen LogP contribution in [0.4, 0.5) is 0 Å². The number of pyridine rings is 1. The van der Waals surface area contributed by atoms with Gasteiger partial charge in [-0.15, -0.1) is 0 Å². The Morgan fingerprint density at radius 1 is 1.18 bits per heavy atom. The lowest BCUT2D eigenvalue weighted by Gasteiger charge is -2.17. The first-order chi connectivity index (χ1) is 10.8. The number of nitrogens with one attached hydrogen (secondary N) is 1. The third-order valence-corrected chi connectivity index (χ3v) is 4.08. The topological polar surface area (TPSA) is 59.8 Å². The van der Waals surface area contributed by atoms with Crippen molar-refractivity contribution in [1.82, 2.24) is 19.9 Å². The molecule has 1 aromatic carbocycles. The number of hydrogen-bond donors (Lipinski definition) is 1. The first-order valence-corrected chi connectivity index (χ1v) is 7.50. The molecule has 1 saturated heterocycles. The number of hydrogen-bond acceptors (Lipinski definition) is 4. The minimum absolute atomic E-state index is 0.0395. The predicted molar refractivity (Wildman–Crippen MR) is 85.1 cm³/mol. The molecule has 110 valence electrons. The van der Waals surface area contributed by atoms with Gasteiger partial charge in [0.05, 0.1) is 28.8 Å². The summed E-state index contributed by atoms with van der Waals surface area (Å²) < 4.78 is 1.69. The van der Waals surface area contributed by atoms with Crippen molar-refractivity contribution in [1.29, 1.82) is 0 Å². The quantitative estimate of drug-likeness (QED) is 0.786. The highest BCUT2D eigenvalue weighted by atomic mass is 16.1. The Balaban J connectivity index is 2.05. The van der Waals surface area contributed by atoms with E-state index in [0.29, 0.717) is 5.39 Å². The molecule has 5 heteroatoms. The monoisotopic (exact) mass is 292 g/mol. The number of aromatic nitrogens is 3. The molecule has 0 saturated carbocycles. The van der Waals surface area contributed by atoms with E-state index in [1.54, 1.807) is 17.0 Å². The van der Waals surface area contributed by atoms with Crippen LogP contribution in [0.3, 0.4) is 0 Å². The fourth-order valence-corrected chi connectivity index (χ4v) is 3.02. The zero-order valence-corrected chi connectivity index (χ0v) is 12.1. The fourth-order valence-electron chi connectivity index (χ4n) is 3.02. The molecule has 0 spiro atoms. The number of rotatable bonds is 2. The molecular weight excluding hydrogens is 276 g/mol. The summed E-state index contributed by atoms with van der Waals surface area (Å²) in [5, 5.41) is 4.06. The molecule has 22 heavy (non-hydrogen) atoms. The van der Waals surface area contributed by atoms with Gasteiger partial charge in [-0.1, -0.05) is 12.1 Å². The number of nitrogens with zero attached hydrogens (tertiary/aromatic N) is 3. The standard InChI is InChI=1S/C17H16N4O/c22-17-13-6-1-2-7-14(13)20-16(15-8-4-10-19-15)21(17)12-5-3-9-18-11-12/h1-3,5-7,9,11,15,19H,4,8,10H2. The lowest BCUT2D eigenvalue weighted by atomic mass is 10.1. The van der Waals surface area contributed by atoms with Crippen LogP contribution in [0.25, 0.3) is 16.6 Å². The van der Waals surface area contributed by atoms with Gasteiger partial charge in [-0.3, -0.25) is 14.3 Å². The summed E-state index contributed by atoms with van der Waals surface area (Å²) >= 11 is 0. The van der Waals surface area contributed by atoms with Crippen LogP contribution < -0.4 is 10.9 Å². The van der Waals surface area contributed by atoms with Gasteiger partial charge in [0.2, 0.25) is 0 Å². The van der Waals surface area contributed by atoms with Gasteiger partial charge in [0.25, 0.3) is 5.56 Å². The Morgan fingerprint density at radius 3 is 2.86 bits per heavy atom. The Kier molecular flexibility index (Phi) is 3.20.